The molecule has 0 aliphatic carbocycles. The van der Waals surface area contributed by atoms with Crippen LogP contribution < -0.4 is 10.1 Å². The van der Waals surface area contributed by atoms with Crippen LogP contribution >= 0.6 is 27.5 Å². The Labute approximate surface area is 120 Å². The van der Waals surface area contributed by atoms with E-state index in [9.17, 15) is 0 Å². The molecule has 0 amide bonds. The maximum Gasteiger partial charge on any atom is 0.142 e. The first-order chi connectivity index (χ1) is 8.69. The van der Waals surface area contributed by atoms with Crippen LogP contribution in [0.3, 0.4) is 0 Å². The molecule has 4 heteroatoms. The summed E-state index contributed by atoms with van der Waals surface area (Å²) >= 11 is 9.30. The van der Waals surface area contributed by atoms with Crippen molar-refractivity contribution in [2.45, 2.75) is 6.54 Å². The molecule has 18 heavy (non-hydrogen) atoms. The van der Waals surface area contributed by atoms with Crippen LogP contribution in [0.2, 0.25) is 5.02 Å². The summed E-state index contributed by atoms with van der Waals surface area (Å²) in [5, 5.41) is 4.09. The lowest BCUT2D eigenvalue weighted by Gasteiger charge is -2.11. The Morgan fingerprint density at radius 2 is 1.89 bits per heavy atom. The molecule has 0 unspecified atom stereocenters. The number of methoxy groups -OCH3 is 1. The molecule has 0 aliphatic heterocycles. The summed E-state index contributed by atoms with van der Waals surface area (Å²) in [5.74, 6) is 0.826. The zero-order chi connectivity index (χ0) is 13.0. The first kappa shape index (κ1) is 13.2. The van der Waals surface area contributed by atoms with Crippen molar-refractivity contribution in [2.24, 2.45) is 0 Å². The average Bonchev–Trinajstić information content (AvgIpc) is 2.38. The van der Waals surface area contributed by atoms with Crippen molar-refractivity contribution in [3.05, 3.63) is 57.5 Å². The fraction of sp³-hybridized carbons (Fsp3) is 0.143. The minimum atomic E-state index is 0.726. The summed E-state index contributed by atoms with van der Waals surface area (Å²) in [6.07, 6.45) is 0. The van der Waals surface area contributed by atoms with Crippen molar-refractivity contribution in [1.82, 2.24) is 0 Å². The maximum absolute atomic E-state index is 5.85. The van der Waals surface area contributed by atoms with Crippen molar-refractivity contribution in [1.29, 1.82) is 0 Å². The van der Waals surface area contributed by atoms with Crippen LogP contribution in [0.4, 0.5) is 5.69 Å². The molecule has 0 radical (unpaired) electrons. The molecule has 0 aromatic heterocycles. The van der Waals surface area contributed by atoms with Crippen LogP contribution in [0.25, 0.3) is 0 Å². The van der Waals surface area contributed by atoms with Gasteiger partial charge in [-0.15, -0.1) is 0 Å². The van der Waals surface area contributed by atoms with Crippen molar-refractivity contribution in [2.75, 3.05) is 12.4 Å². The molecule has 0 saturated heterocycles. The Hall–Kier alpha value is -1.19. The third-order valence-electron chi connectivity index (χ3n) is 2.56. The molecule has 2 rings (SSSR count). The van der Waals surface area contributed by atoms with Gasteiger partial charge in [-0.1, -0.05) is 39.7 Å². The van der Waals surface area contributed by atoms with Gasteiger partial charge >= 0.3 is 0 Å². The van der Waals surface area contributed by atoms with Crippen molar-refractivity contribution in [3.63, 3.8) is 0 Å². The van der Waals surface area contributed by atoms with Crippen LogP contribution in [0, 0.1) is 0 Å². The number of hydrogen-bond acceptors (Lipinski definition) is 2. The van der Waals surface area contributed by atoms with Crippen LogP contribution in [-0.2, 0) is 6.54 Å². The van der Waals surface area contributed by atoms with Crippen LogP contribution in [0.1, 0.15) is 5.56 Å². The lowest BCUT2D eigenvalue weighted by Crippen LogP contribution is -2.01. The quantitative estimate of drug-likeness (QED) is 0.877. The van der Waals surface area contributed by atoms with Gasteiger partial charge < -0.3 is 10.1 Å². The highest BCUT2D eigenvalue weighted by molar-refractivity contribution is 9.10. The molecule has 2 aromatic carbocycles. The van der Waals surface area contributed by atoms with Gasteiger partial charge in [-0.2, -0.15) is 0 Å². The number of nitrogens with one attached hydrogen (secondary N) is 1. The first-order valence-electron chi connectivity index (χ1n) is 5.51. The molecular formula is C14H13BrClNO. The van der Waals surface area contributed by atoms with Gasteiger partial charge in [0, 0.05) is 16.0 Å². The molecule has 0 heterocycles. The Morgan fingerprint density at radius 3 is 2.56 bits per heavy atom. The van der Waals surface area contributed by atoms with E-state index in [4.69, 9.17) is 16.3 Å². The normalized spacial score (nSPS) is 10.2. The highest BCUT2D eigenvalue weighted by atomic mass is 79.9. The molecule has 0 fully saturated rings. The summed E-state index contributed by atoms with van der Waals surface area (Å²) in [4.78, 5) is 0. The number of rotatable bonds is 4. The fourth-order valence-electron chi connectivity index (χ4n) is 1.62. The first-order valence-corrected chi connectivity index (χ1v) is 6.68. The molecule has 2 aromatic rings. The minimum Gasteiger partial charge on any atom is -0.495 e. The zero-order valence-corrected chi connectivity index (χ0v) is 12.3. The molecule has 0 saturated carbocycles. The number of halogens is 2. The van der Waals surface area contributed by atoms with Gasteiger partial charge in [-0.25, -0.2) is 0 Å². The predicted molar refractivity (Wildman–Crippen MR) is 79.5 cm³/mol. The highest BCUT2D eigenvalue weighted by Crippen LogP contribution is 2.28. The van der Waals surface area contributed by atoms with Gasteiger partial charge in [0.25, 0.3) is 0 Å². The van der Waals surface area contributed by atoms with E-state index in [2.05, 4.69) is 21.2 Å². The lowest BCUT2D eigenvalue weighted by molar-refractivity contribution is 0.416. The van der Waals surface area contributed by atoms with E-state index in [0.717, 1.165) is 27.5 Å². The van der Waals surface area contributed by atoms with Gasteiger partial charge in [-0.05, 0) is 35.9 Å². The Morgan fingerprint density at radius 1 is 1.17 bits per heavy atom. The standard InChI is InChI=1S/C14H13BrClNO/c1-18-14-7-4-11(15)8-13(14)17-9-10-2-5-12(16)6-3-10/h2-8,17H,9H2,1H3. The second-order valence-electron chi connectivity index (χ2n) is 3.82. The van der Waals surface area contributed by atoms with E-state index >= 15 is 0 Å². The van der Waals surface area contributed by atoms with Crippen molar-refractivity contribution in [3.8, 4) is 5.75 Å². The SMILES string of the molecule is COc1ccc(Br)cc1NCc1ccc(Cl)cc1. The molecule has 0 spiro atoms. The topological polar surface area (TPSA) is 21.3 Å². The molecular weight excluding hydrogens is 314 g/mol. The molecule has 1 N–H and O–H groups in total. The molecule has 94 valence electrons. The summed E-state index contributed by atoms with van der Waals surface area (Å²) in [5.41, 5.74) is 2.13. The third kappa shape index (κ3) is 3.40. The molecule has 0 aliphatic rings. The van der Waals surface area contributed by atoms with Crippen molar-refractivity contribution < 1.29 is 4.74 Å². The van der Waals surface area contributed by atoms with Crippen LogP contribution in [0.15, 0.2) is 46.9 Å². The monoisotopic (exact) mass is 325 g/mol. The van der Waals surface area contributed by atoms with Crippen LogP contribution in [0.5, 0.6) is 5.75 Å². The number of hydrogen-bond donors (Lipinski definition) is 1. The van der Waals surface area contributed by atoms with E-state index in [1.54, 1.807) is 7.11 Å². The van der Waals surface area contributed by atoms with Gasteiger partial charge in [0.05, 0.1) is 12.8 Å². The smallest absolute Gasteiger partial charge is 0.142 e. The average molecular weight is 327 g/mol. The van der Waals surface area contributed by atoms with E-state index in [1.807, 2.05) is 42.5 Å². The lowest BCUT2D eigenvalue weighted by atomic mass is 10.2. The summed E-state index contributed by atoms with van der Waals surface area (Å²) in [7, 11) is 1.66. The highest BCUT2D eigenvalue weighted by Gasteiger charge is 2.03. The number of benzene rings is 2. The van der Waals surface area contributed by atoms with Crippen LogP contribution in [-0.4, -0.2) is 7.11 Å². The van der Waals surface area contributed by atoms with Gasteiger partial charge in [0.1, 0.15) is 5.75 Å². The van der Waals surface area contributed by atoms with Gasteiger partial charge in [-0.3, -0.25) is 0 Å². The molecule has 0 bridgehead atoms. The van der Waals surface area contributed by atoms with Gasteiger partial charge in [0.2, 0.25) is 0 Å². The van der Waals surface area contributed by atoms with E-state index in [1.165, 1.54) is 5.56 Å². The minimum absolute atomic E-state index is 0.726. The summed E-state index contributed by atoms with van der Waals surface area (Å²) < 4.78 is 6.32. The van der Waals surface area contributed by atoms with E-state index < -0.39 is 0 Å². The van der Waals surface area contributed by atoms with Crippen molar-refractivity contribution >= 4 is 33.2 Å². The second kappa shape index (κ2) is 6.12. The maximum atomic E-state index is 5.85. The Kier molecular flexibility index (Phi) is 4.50. The van der Waals surface area contributed by atoms with E-state index in [-0.39, 0.29) is 0 Å². The Balaban J connectivity index is 2.09. The number of ether oxygens (including phenoxy) is 1. The fourth-order valence-corrected chi connectivity index (χ4v) is 2.10. The largest absolute Gasteiger partial charge is 0.495 e. The molecule has 2 nitrogen and oxygen atoms in total. The third-order valence-corrected chi connectivity index (χ3v) is 3.30. The van der Waals surface area contributed by atoms with Gasteiger partial charge in [0.15, 0.2) is 0 Å². The predicted octanol–water partition coefficient (Wildman–Crippen LogP) is 4.72. The Bertz CT molecular complexity index is 528. The molecule has 0 atom stereocenters. The summed E-state index contributed by atoms with van der Waals surface area (Å²) in [6.45, 7) is 0.726. The zero-order valence-electron chi connectivity index (χ0n) is 9.91. The van der Waals surface area contributed by atoms with E-state index in [0.29, 0.717) is 0 Å². The summed E-state index contributed by atoms with van der Waals surface area (Å²) in [6, 6.07) is 13.6. The number of anilines is 1. The second-order valence-corrected chi connectivity index (χ2v) is 5.18.